The van der Waals surface area contributed by atoms with Crippen LogP contribution in [0, 0.1) is 5.82 Å². The van der Waals surface area contributed by atoms with Crippen molar-refractivity contribution in [1.29, 1.82) is 0 Å². The van der Waals surface area contributed by atoms with Crippen LogP contribution < -0.4 is 4.74 Å². The largest absolute Gasteiger partial charge is 0.494 e. The van der Waals surface area contributed by atoms with Gasteiger partial charge < -0.3 is 9.84 Å². The first-order valence-electron chi connectivity index (χ1n) is 6.55. The van der Waals surface area contributed by atoms with E-state index in [2.05, 4.69) is 15.3 Å². The maximum atomic E-state index is 13.9. The van der Waals surface area contributed by atoms with Crippen LogP contribution in [0.5, 0.6) is 5.75 Å². The van der Waals surface area contributed by atoms with Crippen LogP contribution in [0.4, 0.5) is 4.39 Å². The number of ether oxygens (including phenoxy) is 1. The molecule has 1 aromatic carbocycles. The van der Waals surface area contributed by atoms with Crippen molar-refractivity contribution in [3.8, 4) is 22.8 Å². The highest BCUT2D eigenvalue weighted by atomic mass is 19.1. The summed E-state index contributed by atoms with van der Waals surface area (Å²) in [5, 5.41) is 17.4. The van der Waals surface area contributed by atoms with Crippen molar-refractivity contribution < 1.29 is 14.2 Å². The Kier molecular flexibility index (Phi) is 3.80. The van der Waals surface area contributed by atoms with Crippen LogP contribution in [0.3, 0.4) is 0 Å². The zero-order valence-electron chi connectivity index (χ0n) is 11.8. The van der Waals surface area contributed by atoms with E-state index < -0.39 is 5.82 Å². The van der Waals surface area contributed by atoms with Gasteiger partial charge >= 0.3 is 0 Å². The molecule has 0 atom stereocenters. The molecule has 1 N–H and O–H groups in total. The minimum absolute atomic E-state index is 0.144. The molecule has 0 spiro atoms. The highest BCUT2D eigenvalue weighted by molar-refractivity contribution is 5.60. The first-order chi connectivity index (χ1) is 10.7. The molecule has 0 saturated heterocycles. The summed E-state index contributed by atoms with van der Waals surface area (Å²) in [5.74, 6) is -0.362. The summed E-state index contributed by atoms with van der Waals surface area (Å²) in [6, 6.07) is 9.82. The van der Waals surface area contributed by atoms with Crippen molar-refractivity contribution in [2.24, 2.45) is 0 Å². The van der Waals surface area contributed by atoms with Crippen molar-refractivity contribution in [2.45, 2.75) is 6.61 Å². The van der Waals surface area contributed by atoms with E-state index in [1.165, 1.54) is 23.9 Å². The Balaban J connectivity index is 2.16. The summed E-state index contributed by atoms with van der Waals surface area (Å²) in [7, 11) is 1.40. The lowest BCUT2D eigenvalue weighted by Crippen LogP contribution is -2.02. The molecule has 0 fully saturated rings. The third-order valence-electron chi connectivity index (χ3n) is 3.18. The fourth-order valence-electron chi connectivity index (χ4n) is 2.15. The third kappa shape index (κ3) is 2.42. The predicted octanol–water partition coefficient (Wildman–Crippen LogP) is 1.97. The molecule has 0 aliphatic carbocycles. The van der Waals surface area contributed by atoms with E-state index in [-0.39, 0.29) is 12.4 Å². The summed E-state index contributed by atoms with van der Waals surface area (Å²) in [4.78, 5) is 4.24. The molecule has 22 heavy (non-hydrogen) atoms. The highest BCUT2D eigenvalue weighted by Gasteiger charge is 2.17. The van der Waals surface area contributed by atoms with Crippen LogP contribution in [0.15, 0.2) is 42.6 Å². The number of pyridine rings is 1. The zero-order chi connectivity index (χ0) is 15.5. The normalized spacial score (nSPS) is 10.7. The third-order valence-corrected chi connectivity index (χ3v) is 3.18. The van der Waals surface area contributed by atoms with Crippen molar-refractivity contribution in [3.05, 3.63) is 54.1 Å². The van der Waals surface area contributed by atoms with Gasteiger partial charge in [-0.1, -0.05) is 11.3 Å². The Morgan fingerprint density at radius 2 is 2.14 bits per heavy atom. The van der Waals surface area contributed by atoms with E-state index in [1.807, 2.05) is 6.07 Å². The van der Waals surface area contributed by atoms with Gasteiger partial charge in [0.15, 0.2) is 11.6 Å². The lowest BCUT2D eigenvalue weighted by atomic mass is 10.2. The van der Waals surface area contributed by atoms with Gasteiger partial charge in [0.2, 0.25) is 0 Å². The summed E-state index contributed by atoms with van der Waals surface area (Å²) >= 11 is 0. The van der Waals surface area contributed by atoms with Crippen LogP contribution in [0.2, 0.25) is 0 Å². The van der Waals surface area contributed by atoms with Crippen LogP contribution >= 0.6 is 0 Å². The number of aliphatic hydroxyl groups is 1. The number of benzene rings is 1. The van der Waals surface area contributed by atoms with Gasteiger partial charge in [-0.15, -0.1) is 5.10 Å². The average Bonchev–Trinajstić information content (AvgIpc) is 2.99. The molecule has 0 amide bonds. The number of halogens is 1. The predicted molar refractivity (Wildman–Crippen MR) is 77.0 cm³/mol. The first kappa shape index (κ1) is 14.2. The molecular formula is C15H13FN4O2. The Hall–Kier alpha value is -2.80. The monoisotopic (exact) mass is 300 g/mol. The second kappa shape index (κ2) is 5.90. The summed E-state index contributed by atoms with van der Waals surface area (Å²) in [5.41, 5.74) is 1.95. The van der Waals surface area contributed by atoms with Gasteiger partial charge in [-0.2, -0.15) is 0 Å². The fourth-order valence-corrected chi connectivity index (χ4v) is 2.15. The van der Waals surface area contributed by atoms with E-state index in [4.69, 9.17) is 4.74 Å². The lowest BCUT2D eigenvalue weighted by molar-refractivity contribution is 0.277. The molecule has 0 aliphatic rings. The van der Waals surface area contributed by atoms with Gasteiger partial charge in [0, 0.05) is 12.3 Å². The van der Waals surface area contributed by atoms with Gasteiger partial charge in [-0.25, -0.2) is 9.07 Å². The lowest BCUT2D eigenvalue weighted by Gasteiger charge is -2.08. The summed E-state index contributed by atoms with van der Waals surface area (Å²) in [6.07, 6.45) is 1.63. The van der Waals surface area contributed by atoms with E-state index in [9.17, 15) is 9.50 Å². The zero-order valence-corrected chi connectivity index (χ0v) is 11.8. The van der Waals surface area contributed by atoms with Crippen LogP contribution in [0.1, 0.15) is 5.69 Å². The number of aliphatic hydroxyl groups excluding tert-OH is 1. The van der Waals surface area contributed by atoms with E-state index in [0.29, 0.717) is 22.8 Å². The smallest absolute Gasteiger partial charge is 0.167 e. The average molecular weight is 300 g/mol. The Morgan fingerprint density at radius 3 is 2.77 bits per heavy atom. The van der Waals surface area contributed by atoms with Gasteiger partial charge in [0.05, 0.1) is 25.1 Å². The Labute approximate surface area is 125 Å². The number of aromatic nitrogens is 4. The minimum atomic E-state index is -0.506. The molecular weight excluding hydrogens is 287 g/mol. The number of hydrogen-bond acceptors (Lipinski definition) is 5. The maximum absolute atomic E-state index is 13.9. The van der Waals surface area contributed by atoms with Gasteiger partial charge in [-0.3, -0.25) is 4.98 Å². The number of nitrogens with zero attached hydrogens (tertiary/aromatic N) is 4. The molecule has 2 heterocycles. The molecule has 3 rings (SSSR count). The van der Waals surface area contributed by atoms with Gasteiger partial charge in [0.25, 0.3) is 0 Å². The minimum Gasteiger partial charge on any atom is -0.494 e. The van der Waals surface area contributed by atoms with Gasteiger partial charge in [0.1, 0.15) is 11.4 Å². The van der Waals surface area contributed by atoms with Crippen molar-refractivity contribution in [1.82, 2.24) is 20.0 Å². The molecule has 6 nitrogen and oxygen atoms in total. The van der Waals surface area contributed by atoms with Crippen molar-refractivity contribution in [3.63, 3.8) is 0 Å². The molecule has 3 aromatic rings. The second-order valence-corrected chi connectivity index (χ2v) is 4.49. The van der Waals surface area contributed by atoms with Crippen molar-refractivity contribution in [2.75, 3.05) is 7.11 Å². The topological polar surface area (TPSA) is 73.1 Å². The molecule has 2 aromatic heterocycles. The second-order valence-electron chi connectivity index (χ2n) is 4.49. The van der Waals surface area contributed by atoms with Crippen LogP contribution in [0.25, 0.3) is 17.1 Å². The molecule has 7 heteroatoms. The maximum Gasteiger partial charge on any atom is 0.167 e. The van der Waals surface area contributed by atoms with E-state index >= 15 is 0 Å². The molecule has 0 radical (unpaired) electrons. The molecule has 0 unspecified atom stereocenters. The number of hydrogen-bond donors (Lipinski definition) is 1. The van der Waals surface area contributed by atoms with Crippen LogP contribution in [-0.4, -0.2) is 32.2 Å². The summed E-state index contributed by atoms with van der Waals surface area (Å²) in [6.45, 7) is -0.287. The SMILES string of the molecule is COc1ccc(-n2nnc(CO)c2-c2ccccn2)cc1F. The van der Waals surface area contributed by atoms with Crippen LogP contribution in [-0.2, 0) is 6.61 Å². The Bertz CT molecular complexity index is 789. The molecule has 0 saturated carbocycles. The highest BCUT2D eigenvalue weighted by Crippen LogP contribution is 2.26. The molecule has 0 aliphatic heterocycles. The standard InChI is InChI=1S/C15H13FN4O2/c1-22-14-6-5-10(8-11(14)16)20-15(13(9-21)18-19-20)12-4-2-3-7-17-12/h2-8,21H,9H2,1H3. The fraction of sp³-hybridized carbons (Fsp3) is 0.133. The molecule has 112 valence electrons. The van der Waals surface area contributed by atoms with E-state index in [0.717, 1.165) is 0 Å². The van der Waals surface area contributed by atoms with E-state index in [1.54, 1.807) is 24.4 Å². The number of methoxy groups -OCH3 is 1. The quantitative estimate of drug-likeness (QED) is 0.797. The number of rotatable bonds is 4. The Morgan fingerprint density at radius 1 is 1.27 bits per heavy atom. The summed E-state index contributed by atoms with van der Waals surface area (Å²) < 4.78 is 20.3. The first-order valence-corrected chi connectivity index (χ1v) is 6.55. The van der Waals surface area contributed by atoms with Crippen molar-refractivity contribution >= 4 is 0 Å². The van der Waals surface area contributed by atoms with Gasteiger partial charge in [-0.05, 0) is 24.3 Å². The molecule has 0 bridgehead atoms.